The highest BCUT2D eigenvalue weighted by molar-refractivity contribution is 5.54. The quantitative estimate of drug-likeness (QED) is 0.702. The molecule has 20 heavy (non-hydrogen) atoms. The Labute approximate surface area is 124 Å². The van der Waals surface area contributed by atoms with Crippen molar-refractivity contribution in [2.24, 2.45) is 5.92 Å². The third-order valence-electron chi connectivity index (χ3n) is 3.36. The van der Waals surface area contributed by atoms with Crippen LogP contribution in [0, 0.1) is 12.8 Å². The van der Waals surface area contributed by atoms with E-state index >= 15 is 0 Å². The van der Waals surface area contributed by atoms with Crippen molar-refractivity contribution >= 4 is 5.69 Å². The van der Waals surface area contributed by atoms with Crippen LogP contribution in [0.4, 0.5) is 5.69 Å². The highest BCUT2D eigenvalue weighted by Gasteiger charge is 2.08. The molecular formula is C17H30N2O. The number of nitrogens with one attached hydrogen (secondary N) is 1. The Morgan fingerprint density at radius 2 is 2.05 bits per heavy atom. The maximum absolute atomic E-state index is 5.13. The third-order valence-corrected chi connectivity index (χ3v) is 3.36. The largest absolute Gasteiger partial charge is 0.385 e. The van der Waals surface area contributed by atoms with Crippen LogP contribution >= 0.6 is 0 Å². The topological polar surface area (TPSA) is 24.5 Å². The highest BCUT2D eigenvalue weighted by Crippen LogP contribution is 2.21. The molecule has 114 valence electrons. The maximum Gasteiger partial charge on any atom is 0.0479 e. The van der Waals surface area contributed by atoms with Gasteiger partial charge in [-0.1, -0.05) is 31.5 Å². The predicted molar refractivity (Wildman–Crippen MR) is 87.5 cm³/mol. The lowest BCUT2D eigenvalue weighted by Crippen LogP contribution is -2.24. The average Bonchev–Trinajstić information content (AvgIpc) is 2.38. The molecule has 0 spiro atoms. The van der Waals surface area contributed by atoms with Crippen molar-refractivity contribution in [3.8, 4) is 0 Å². The Hall–Kier alpha value is -1.06. The van der Waals surface area contributed by atoms with Gasteiger partial charge in [-0.2, -0.15) is 0 Å². The van der Waals surface area contributed by atoms with Gasteiger partial charge in [-0.05, 0) is 37.4 Å². The second-order valence-electron chi connectivity index (χ2n) is 5.92. The number of hydrogen-bond donors (Lipinski definition) is 1. The number of benzene rings is 1. The van der Waals surface area contributed by atoms with E-state index in [1.165, 1.54) is 16.8 Å². The lowest BCUT2D eigenvalue weighted by Gasteiger charge is -2.23. The van der Waals surface area contributed by atoms with E-state index in [0.717, 1.165) is 32.7 Å². The number of nitrogens with zero attached hydrogens (tertiary/aromatic N) is 1. The maximum atomic E-state index is 5.13. The SMILES string of the molecule is COCCCN(C)c1ccc(C)cc1CNCC(C)C. The molecule has 0 atom stereocenters. The van der Waals surface area contributed by atoms with Crippen molar-refractivity contribution in [1.29, 1.82) is 0 Å². The molecule has 0 fully saturated rings. The summed E-state index contributed by atoms with van der Waals surface area (Å²) in [5.74, 6) is 0.683. The first-order valence-corrected chi connectivity index (χ1v) is 7.55. The zero-order chi connectivity index (χ0) is 15.0. The summed E-state index contributed by atoms with van der Waals surface area (Å²) < 4.78 is 5.13. The fourth-order valence-electron chi connectivity index (χ4n) is 2.29. The van der Waals surface area contributed by atoms with Gasteiger partial charge in [0.05, 0.1) is 0 Å². The van der Waals surface area contributed by atoms with E-state index in [4.69, 9.17) is 4.74 Å². The summed E-state index contributed by atoms with van der Waals surface area (Å²) in [6.07, 6.45) is 1.06. The van der Waals surface area contributed by atoms with Gasteiger partial charge in [0.1, 0.15) is 0 Å². The van der Waals surface area contributed by atoms with Crippen LogP contribution in [0.1, 0.15) is 31.4 Å². The van der Waals surface area contributed by atoms with Gasteiger partial charge < -0.3 is 15.0 Å². The molecule has 0 aliphatic carbocycles. The van der Waals surface area contributed by atoms with Crippen LogP contribution in [-0.2, 0) is 11.3 Å². The van der Waals surface area contributed by atoms with Gasteiger partial charge >= 0.3 is 0 Å². The van der Waals surface area contributed by atoms with Crippen molar-refractivity contribution in [3.05, 3.63) is 29.3 Å². The van der Waals surface area contributed by atoms with E-state index in [2.05, 4.69) is 56.2 Å². The van der Waals surface area contributed by atoms with Crippen molar-refractivity contribution in [3.63, 3.8) is 0 Å². The van der Waals surface area contributed by atoms with E-state index in [1.807, 2.05) is 0 Å². The summed E-state index contributed by atoms with van der Waals surface area (Å²) in [6.45, 7) is 10.5. The fraction of sp³-hybridized carbons (Fsp3) is 0.647. The molecule has 3 nitrogen and oxygen atoms in total. The molecule has 0 saturated heterocycles. The van der Waals surface area contributed by atoms with Gasteiger partial charge in [-0.25, -0.2) is 0 Å². The molecule has 0 aromatic heterocycles. The summed E-state index contributed by atoms with van der Waals surface area (Å²) in [5.41, 5.74) is 4.02. The standard InChI is InChI=1S/C17H30N2O/c1-14(2)12-18-13-16-11-15(3)7-8-17(16)19(4)9-6-10-20-5/h7-8,11,14,18H,6,9-10,12-13H2,1-5H3. The molecule has 1 rings (SSSR count). The third kappa shape index (κ3) is 5.93. The summed E-state index contributed by atoms with van der Waals surface area (Å²) in [4.78, 5) is 2.32. The molecule has 3 heteroatoms. The van der Waals surface area contributed by atoms with Gasteiger partial charge in [0, 0.05) is 39.5 Å². The number of ether oxygens (including phenoxy) is 1. The molecule has 0 radical (unpaired) electrons. The second kappa shape index (κ2) is 8.98. The van der Waals surface area contributed by atoms with Crippen LogP contribution in [0.15, 0.2) is 18.2 Å². The molecular weight excluding hydrogens is 248 g/mol. The van der Waals surface area contributed by atoms with Crippen LogP contribution < -0.4 is 10.2 Å². The Kier molecular flexibility index (Phi) is 7.63. The Morgan fingerprint density at radius 1 is 1.30 bits per heavy atom. The minimum atomic E-state index is 0.683. The van der Waals surface area contributed by atoms with Crippen molar-refractivity contribution < 1.29 is 4.74 Å². The molecule has 0 amide bonds. The number of hydrogen-bond acceptors (Lipinski definition) is 3. The van der Waals surface area contributed by atoms with Gasteiger partial charge in [-0.3, -0.25) is 0 Å². The lowest BCUT2D eigenvalue weighted by atomic mass is 10.1. The summed E-state index contributed by atoms with van der Waals surface area (Å²) in [6, 6.07) is 6.71. The van der Waals surface area contributed by atoms with Crippen LogP contribution in [-0.4, -0.2) is 33.9 Å². The van der Waals surface area contributed by atoms with Crippen LogP contribution in [0.5, 0.6) is 0 Å². The average molecular weight is 278 g/mol. The van der Waals surface area contributed by atoms with E-state index in [1.54, 1.807) is 7.11 Å². The fourth-order valence-corrected chi connectivity index (χ4v) is 2.29. The van der Waals surface area contributed by atoms with Gasteiger partial charge in [0.2, 0.25) is 0 Å². The van der Waals surface area contributed by atoms with Gasteiger partial charge in [0.25, 0.3) is 0 Å². The van der Waals surface area contributed by atoms with E-state index in [-0.39, 0.29) is 0 Å². The predicted octanol–water partition coefficient (Wildman–Crippen LogP) is 3.21. The lowest BCUT2D eigenvalue weighted by molar-refractivity contribution is 0.196. The van der Waals surface area contributed by atoms with E-state index < -0.39 is 0 Å². The van der Waals surface area contributed by atoms with E-state index in [0.29, 0.717) is 5.92 Å². The summed E-state index contributed by atoms with van der Waals surface area (Å²) in [7, 11) is 3.92. The van der Waals surface area contributed by atoms with Gasteiger partial charge in [-0.15, -0.1) is 0 Å². The van der Waals surface area contributed by atoms with Crippen molar-refractivity contribution in [1.82, 2.24) is 5.32 Å². The first kappa shape index (κ1) is 17.0. The van der Waals surface area contributed by atoms with Crippen LogP contribution in [0.25, 0.3) is 0 Å². The molecule has 1 N–H and O–H groups in total. The van der Waals surface area contributed by atoms with Crippen LogP contribution in [0.3, 0.4) is 0 Å². The first-order chi connectivity index (χ1) is 9.54. The van der Waals surface area contributed by atoms with E-state index in [9.17, 15) is 0 Å². The summed E-state index contributed by atoms with van der Waals surface area (Å²) >= 11 is 0. The Balaban J connectivity index is 2.68. The normalized spacial score (nSPS) is 11.1. The zero-order valence-corrected chi connectivity index (χ0v) is 13.7. The monoisotopic (exact) mass is 278 g/mol. The minimum Gasteiger partial charge on any atom is -0.385 e. The molecule has 0 saturated carbocycles. The number of methoxy groups -OCH3 is 1. The first-order valence-electron chi connectivity index (χ1n) is 7.55. The molecule has 0 bridgehead atoms. The number of rotatable bonds is 9. The molecule has 1 aromatic rings. The highest BCUT2D eigenvalue weighted by atomic mass is 16.5. The van der Waals surface area contributed by atoms with Gasteiger partial charge in [0.15, 0.2) is 0 Å². The molecule has 0 aliphatic rings. The van der Waals surface area contributed by atoms with Crippen molar-refractivity contribution in [2.45, 2.75) is 33.7 Å². The molecule has 1 aromatic carbocycles. The van der Waals surface area contributed by atoms with Crippen LogP contribution in [0.2, 0.25) is 0 Å². The summed E-state index contributed by atoms with van der Waals surface area (Å²) in [5, 5.41) is 3.54. The molecule has 0 unspecified atom stereocenters. The van der Waals surface area contributed by atoms with Crippen molar-refractivity contribution in [2.75, 3.05) is 38.8 Å². The smallest absolute Gasteiger partial charge is 0.0479 e. The second-order valence-corrected chi connectivity index (χ2v) is 5.92. The Morgan fingerprint density at radius 3 is 2.70 bits per heavy atom. The number of anilines is 1. The minimum absolute atomic E-state index is 0.683. The Bertz CT molecular complexity index is 391. The zero-order valence-electron chi connectivity index (χ0n) is 13.7. The molecule has 0 aliphatic heterocycles. The molecule has 0 heterocycles. The number of aryl methyl sites for hydroxylation is 1.